The summed E-state index contributed by atoms with van der Waals surface area (Å²) >= 11 is 6.36. The van der Waals surface area contributed by atoms with Gasteiger partial charge in [0.25, 0.3) is 0 Å². The van der Waals surface area contributed by atoms with Crippen LogP contribution in [0.1, 0.15) is 0 Å². The van der Waals surface area contributed by atoms with E-state index >= 15 is 0 Å². The quantitative estimate of drug-likeness (QED) is 0.362. The molecule has 0 radical (unpaired) electrons. The number of nitrogens with zero attached hydrogens (tertiary/aromatic N) is 2. The Morgan fingerprint density at radius 2 is 1.58 bits per heavy atom. The fraction of sp³-hybridized carbons (Fsp3) is 0. The van der Waals surface area contributed by atoms with Crippen molar-refractivity contribution < 1.29 is 4.42 Å². The van der Waals surface area contributed by atoms with Crippen LogP contribution in [-0.2, 0) is 0 Å². The molecule has 0 aliphatic heterocycles. The second-order valence-electron chi connectivity index (χ2n) is 5.68. The second kappa shape index (κ2) is 5.05. The Kier molecular flexibility index (Phi) is 2.84. The Hall–Kier alpha value is -2.91. The fourth-order valence-corrected chi connectivity index (χ4v) is 3.22. The van der Waals surface area contributed by atoms with Crippen LogP contribution in [0.25, 0.3) is 44.2 Å². The van der Waals surface area contributed by atoms with E-state index in [-0.39, 0.29) is 0 Å². The second-order valence-corrected chi connectivity index (χ2v) is 6.03. The van der Waals surface area contributed by atoms with Crippen LogP contribution in [0, 0.1) is 0 Å². The van der Waals surface area contributed by atoms with Gasteiger partial charge in [0.1, 0.15) is 11.1 Å². The van der Waals surface area contributed by atoms with Gasteiger partial charge < -0.3 is 4.42 Å². The van der Waals surface area contributed by atoms with Gasteiger partial charge in [0.15, 0.2) is 16.6 Å². The minimum Gasteiger partial charge on any atom is -0.451 e. The molecule has 0 aliphatic carbocycles. The molecule has 114 valence electrons. The van der Waals surface area contributed by atoms with Crippen molar-refractivity contribution in [1.29, 1.82) is 0 Å². The van der Waals surface area contributed by atoms with Crippen LogP contribution in [0.4, 0.5) is 0 Å². The summed E-state index contributed by atoms with van der Waals surface area (Å²) in [5.74, 6) is 0.602. The predicted octanol–water partition coefficient (Wildman–Crippen LogP) is 5.85. The SMILES string of the molecule is Clc1nc(-c2ccc3ccccc3c2)nc2c1oc1ccccc12. The van der Waals surface area contributed by atoms with Gasteiger partial charge in [-0.15, -0.1) is 0 Å². The number of benzene rings is 3. The van der Waals surface area contributed by atoms with Crippen LogP contribution in [0.3, 0.4) is 0 Å². The molecule has 0 saturated carbocycles. The molecule has 5 rings (SSSR count). The third-order valence-electron chi connectivity index (χ3n) is 4.19. The highest BCUT2D eigenvalue weighted by molar-refractivity contribution is 6.34. The lowest BCUT2D eigenvalue weighted by molar-refractivity contribution is 0.666. The fourth-order valence-electron chi connectivity index (χ4n) is 3.01. The van der Waals surface area contributed by atoms with Crippen molar-refractivity contribution in [2.75, 3.05) is 0 Å². The van der Waals surface area contributed by atoms with E-state index < -0.39 is 0 Å². The lowest BCUT2D eigenvalue weighted by atomic mass is 10.1. The van der Waals surface area contributed by atoms with Crippen LogP contribution in [0.5, 0.6) is 0 Å². The Morgan fingerprint density at radius 3 is 2.50 bits per heavy atom. The zero-order valence-corrected chi connectivity index (χ0v) is 13.3. The molecule has 0 atom stereocenters. The Morgan fingerprint density at radius 1 is 0.792 bits per heavy atom. The monoisotopic (exact) mass is 330 g/mol. The average molecular weight is 331 g/mol. The van der Waals surface area contributed by atoms with E-state index in [1.54, 1.807) is 0 Å². The summed E-state index contributed by atoms with van der Waals surface area (Å²) in [7, 11) is 0. The third kappa shape index (κ3) is 1.99. The van der Waals surface area contributed by atoms with Crippen molar-refractivity contribution in [2.24, 2.45) is 0 Å². The zero-order chi connectivity index (χ0) is 16.1. The summed E-state index contributed by atoms with van der Waals surface area (Å²) in [6, 6.07) is 22.1. The Labute approximate surface area is 142 Å². The molecule has 5 aromatic rings. The number of hydrogen-bond acceptors (Lipinski definition) is 3. The van der Waals surface area contributed by atoms with Crippen LogP contribution >= 0.6 is 11.6 Å². The standard InChI is InChI=1S/C20H11ClN2O/c21-19-18-17(15-7-3-4-8-16(15)24-18)22-20(23-19)14-10-9-12-5-1-2-6-13(12)11-14/h1-11H. The third-order valence-corrected chi connectivity index (χ3v) is 4.44. The Bertz CT molecular complexity index is 1230. The predicted molar refractivity (Wildman–Crippen MR) is 97.3 cm³/mol. The van der Waals surface area contributed by atoms with Gasteiger partial charge in [-0.25, -0.2) is 9.97 Å². The van der Waals surface area contributed by atoms with Gasteiger partial charge in [0, 0.05) is 10.9 Å². The number of para-hydroxylation sites is 1. The molecule has 0 N–H and O–H groups in total. The summed E-state index contributed by atoms with van der Waals surface area (Å²) in [6.45, 7) is 0. The number of furan rings is 1. The van der Waals surface area contributed by atoms with Gasteiger partial charge in [0.2, 0.25) is 0 Å². The van der Waals surface area contributed by atoms with Gasteiger partial charge >= 0.3 is 0 Å². The minimum atomic E-state index is 0.333. The van der Waals surface area contributed by atoms with E-state index in [4.69, 9.17) is 21.0 Å². The maximum Gasteiger partial charge on any atom is 0.191 e. The molecule has 3 nitrogen and oxygen atoms in total. The van der Waals surface area contributed by atoms with Gasteiger partial charge in [-0.1, -0.05) is 60.1 Å². The normalized spacial score (nSPS) is 11.5. The average Bonchev–Trinajstić information content (AvgIpc) is 3.01. The first kappa shape index (κ1) is 13.5. The molecule has 0 spiro atoms. The number of rotatable bonds is 1. The highest BCUT2D eigenvalue weighted by Crippen LogP contribution is 2.33. The number of hydrogen-bond donors (Lipinski definition) is 0. The number of halogens is 1. The summed E-state index contributed by atoms with van der Waals surface area (Å²) < 4.78 is 5.79. The van der Waals surface area contributed by atoms with E-state index in [9.17, 15) is 0 Å². The molecule has 4 heteroatoms. The van der Waals surface area contributed by atoms with Crippen molar-refractivity contribution >= 4 is 44.4 Å². The van der Waals surface area contributed by atoms with Crippen LogP contribution < -0.4 is 0 Å². The molecule has 3 aromatic carbocycles. The molecular weight excluding hydrogens is 320 g/mol. The van der Waals surface area contributed by atoms with Crippen molar-refractivity contribution in [3.8, 4) is 11.4 Å². The van der Waals surface area contributed by atoms with Crippen molar-refractivity contribution in [1.82, 2.24) is 9.97 Å². The van der Waals surface area contributed by atoms with Crippen molar-refractivity contribution in [2.45, 2.75) is 0 Å². The Balaban J connectivity index is 1.80. The smallest absolute Gasteiger partial charge is 0.191 e. The van der Waals surface area contributed by atoms with Gasteiger partial charge in [0.05, 0.1) is 0 Å². The minimum absolute atomic E-state index is 0.333. The molecule has 0 bridgehead atoms. The van der Waals surface area contributed by atoms with Crippen molar-refractivity contribution in [3.63, 3.8) is 0 Å². The largest absolute Gasteiger partial charge is 0.451 e. The van der Waals surface area contributed by atoms with E-state index in [1.165, 1.54) is 5.39 Å². The first-order valence-corrected chi connectivity index (χ1v) is 8.01. The maximum atomic E-state index is 6.36. The van der Waals surface area contributed by atoms with E-state index in [0.29, 0.717) is 16.6 Å². The molecule has 0 fully saturated rings. The first-order chi connectivity index (χ1) is 11.8. The highest BCUT2D eigenvalue weighted by Gasteiger charge is 2.15. The molecular formula is C20H11ClN2O. The molecule has 24 heavy (non-hydrogen) atoms. The maximum absolute atomic E-state index is 6.36. The summed E-state index contributed by atoms with van der Waals surface area (Å²) in [5, 5.41) is 3.60. The van der Waals surface area contributed by atoms with E-state index in [2.05, 4.69) is 29.2 Å². The number of fused-ring (bicyclic) bond motifs is 4. The zero-order valence-electron chi connectivity index (χ0n) is 12.5. The molecule has 0 unspecified atom stereocenters. The van der Waals surface area contributed by atoms with Gasteiger partial charge in [-0.2, -0.15) is 0 Å². The lowest BCUT2D eigenvalue weighted by Crippen LogP contribution is -1.90. The topological polar surface area (TPSA) is 38.9 Å². The number of aromatic nitrogens is 2. The molecule has 2 heterocycles. The summed E-state index contributed by atoms with van der Waals surface area (Å²) in [6.07, 6.45) is 0. The summed E-state index contributed by atoms with van der Waals surface area (Å²) in [4.78, 5) is 9.15. The van der Waals surface area contributed by atoms with Crippen LogP contribution in [0.2, 0.25) is 5.15 Å². The van der Waals surface area contributed by atoms with Crippen LogP contribution in [0.15, 0.2) is 71.1 Å². The summed E-state index contributed by atoms with van der Waals surface area (Å²) in [5.41, 5.74) is 2.97. The van der Waals surface area contributed by atoms with E-state index in [0.717, 1.165) is 27.4 Å². The lowest BCUT2D eigenvalue weighted by Gasteiger charge is -2.04. The van der Waals surface area contributed by atoms with Crippen LogP contribution in [-0.4, -0.2) is 9.97 Å². The first-order valence-electron chi connectivity index (χ1n) is 7.63. The molecule has 0 saturated heterocycles. The van der Waals surface area contributed by atoms with Gasteiger partial charge in [-0.3, -0.25) is 0 Å². The molecule has 2 aromatic heterocycles. The molecule has 0 aliphatic rings. The van der Waals surface area contributed by atoms with Gasteiger partial charge in [-0.05, 0) is 29.0 Å². The van der Waals surface area contributed by atoms with E-state index in [1.807, 2.05) is 42.5 Å². The highest BCUT2D eigenvalue weighted by atomic mass is 35.5. The van der Waals surface area contributed by atoms with Crippen molar-refractivity contribution in [3.05, 3.63) is 71.9 Å². The molecule has 0 amide bonds.